The van der Waals surface area contributed by atoms with E-state index in [4.69, 9.17) is 0 Å². The normalized spacial score (nSPS) is 12.2. The fourth-order valence-corrected chi connectivity index (χ4v) is 1.74. The summed E-state index contributed by atoms with van der Waals surface area (Å²) >= 11 is 1.13. The Kier molecular flexibility index (Phi) is 4.71. The van der Waals surface area contributed by atoms with Crippen LogP contribution >= 0.6 is 22.6 Å². The number of nitrogens with zero attached hydrogens (tertiary/aromatic N) is 1. The molecule has 0 unspecified atom stereocenters. The smallest absolute Gasteiger partial charge is 0.465 e. The summed E-state index contributed by atoms with van der Waals surface area (Å²) in [6.45, 7) is 0. The minimum absolute atomic E-state index is 0.472. The molecule has 0 aliphatic heterocycles. The minimum atomic E-state index is -5.36. The van der Waals surface area contributed by atoms with Crippen LogP contribution in [0.25, 0.3) is 0 Å². The molecule has 0 amide bonds. The summed E-state index contributed by atoms with van der Waals surface area (Å²) in [6, 6.07) is 0. The molecule has 0 aliphatic rings. The lowest BCUT2D eigenvalue weighted by Crippen LogP contribution is -2.24. The van der Waals surface area contributed by atoms with Crippen LogP contribution < -0.4 is 4.74 Å². The number of carbonyl (C=O) groups is 1. The van der Waals surface area contributed by atoms with Crippen LogP contribution in [0.2, 0.25) is 0 Å². The monoisotopic (exact) mass is 415 g/mol. The number of hydrogen-bond donors (Lipinski definition) is 0. The number of rotatable bonds is 2. The maximum atomic E-state index is 12.9. The molecule has 1 rings (SSSR count). The number of alkyl halides is 6. The summed E-state index contributed by atoms with van der Waals surface area (Å²) in [5.41, 5.74) is -3.05. The van der Waals surface area contributed by atoms with Crippen molar-refractivity contribution in [2.45, 2.75) is 12.5 Å². The predicted molar refractivity (Wildman–Crippen MR) is 60.0 cm³/mol. The maximum absolute atomic E-state index is 12.9. The second kappa shape index (κ2) is 5.61. The summed E-state index contributed by atoms with van der Waals surface area (Å²) in [5, 5.41) is 0. The highest BCUT2D eigenvalue weighted by Gasteiger charge is 2.44. The van der Waals surface area contributed by atoms with Crippen molar-refractivity contribution in [3.05, 3.63) is 21.0 Å². The highest BCUT2D eigenvalue weighted by atomic mass is 127. The van der Waals surface area contributed by atoms with E-state index in [0.29, 0.717) is 6.20 Å². The summed E-state index contributed by atoms with van der Waals surface area (Å²) in [5.74, 6) is -3.07. The summed E-state index contributed by atoms with van der Waals surface area (Å²) in [4.78, 5) is 14.5. The average molecular weight is 415 g/mol. The molecular formula is C9H4F6INO3. The second-order valence-electron chi connectivity index (χ2n) is 3.20. The zero-order valence-electron chi connectivity index (χ0n) is 9.40. The van der Waals surface area contributed by atoms with Crippen molar-refractivity contribution in [2.24, 2.45) is 0 Å². The van der Waals surface area contributed by atoms with Crippen molar-refractivity contribution in [1.29, 1.82) is 0 Å². The molecule has 0 atom stereocenters. The van der Waals surface area contributed by atoms with E-state index in [1.807, 2.05) is 0 Å². The van der Waals surface area contributed by atoms with Crippen LogP contribution in [0.15, 0.2) is 6.20 Å². The SMILES string of the molecule is COC(=O)c1cnc(I)c(OC(F)(F)F)c1C(F)(F)F. The zero-order chi connectivity index (χ0) is 15.7. The molecule has 112 valence electrons. The summed E-state index contributed by atoms with van der Waals surface area (Å²) in [7, 11) is 0.782. The molecule has 1 aromatic heterocycles. The van der Waals surface area contributed by atoms with Gasteiger partial charge in [0.1, 0.15) is 9.26 Å². The quantitative estimate of drug-likeness (QED) is 0.322. The van der Waals surface area contributed by atoms with Crippen molar-refractivity contribution in [3.8, 4) is 5.75 Å². The minimum Gasteiger partial charge on any atom is -0.465 e. The van der Waals surface area contributed by atoms with E-state index < -0.39 is 39.1 Å². The highest BCUT2D eigenvalue weighted by Crippen LogP contribution is 2.42. The largest absolute Gasteiger partial charge is 0.573 e. The summed E-state index contributed by atoms with van der Waals surface area (Å²) in [6.07, 6.45) is -10.1. The van der Waals surface area contributed by atoms with E-state index in [0.717, 1.165) is 29.7 Å². The van der Waals surface area contributed by atoms with Gasteiger partial charge < -0.3 is 9.47 Å². The van der Waals surface area contributed by atoms with Gasteiger partial charge in [-0.2, -0.15) is 13.2 Å². The van der Waals surface area contributed by atoms with Crippen molar-refractivity contribution in [2.75, 3.05) is 7.11 Å². The lowest BCUT2D eigenvalue weighted by molar-refractivity contribution is -0.276. The van der Waals surface area contributed by atoms with Crippen molar-refractivity contribution >= 4 is 28.6 Å². The van der Waals surface area contributed by atoms with Gasteiger partial charge >= 0.3 is 18.5 Å². The van der Waals surface area contributed by atoms with Crippen molar-refractivity contribution < 1.29 is 40.6 Å². The van der Waals surface area contributed by atoms with Crippen molar-refractivity contribution in [3.63, 3.8) is 0 Å². The molecular weight excluding hydrogens is 411 g/mol. The Morgan fingerprint density at radius 3 is 2.20 bits per heavy atom. The van der Waals surface area contributed by atoms with Gasteiger partial charge in [0, 0.05) is 6.20 Å². The first-order chi connectivity index (χ1) is 8.97. The Balaban J connectivity index is 3.59. The van der Waals surface area contributed by atoms with E-state index in [2.05, 4.69) is 14.5 Å². The lowest BCUT2D eigenvalue weighted by Gasteiger charge is -2.18. The van der Waals surface area contributed by atoms with Gasteiger partial charge in [0.2, 0.25) is 0 Å². The Bertz CT molecular complexity index is 528. The van der Waals surface area contributed by atoms with Crippen LogP contribution in [0.5, 0.6) is 5.75 Å². The van der Waals surface area contributed by atoms with Gasteiger partial charge in [0.25, 0.3) is 0 Å². The van der Waals surface area contributed by atoms with Crippen LogP contribution in [0.1, 0.15) is 15.9 Å². The molecule has 0 radical (unpaired) electrons. The molecule has 0 aromatic carbocycles. The van der Waals surface area contributed by atoms with E-state index in [-0.39, 0.29) is 0 Å². The van der Waals surface area contributed by atoms with E-state index in [9.17, 15) is 31.1 Å². The Morgan fingerprint density at radius 1 is 1.25 bits per heavy atom. The maximum Gasteiger partial charge on any atom is 0.573 e. The van der Waals surface area contributed by atoms with Crippen LogP contribution in [0.3, 0.4) is 0 Å². The van der Waals surface area contributed by atoms with Gasteiger partial charge in [-0.15, -0.1) is 13.2 Å². The fourth-order valence-electron chi connectivity index (χ4n) is 1.22. The third kappa shape index (κ3) is 3.86. The highest BCUT2D eigenvalue weighted by molar-refractivity contribution is 14.1. The van der Waals surface area contributed by atoms with Crippen LogP contribution in [-0.2, 0) is 10.9 Å². The van der Waals surface area contributed by atoms with Gasteiger partial charge in [0.05, 0.1) is 12.7 Å². The molecule has 11 heteroatoms. The number of carbonyl (C=O) groups excluding carboxylic acids is 1. The lowest BCUT2D eigenvalue weighted by atomic mass is 10.1. The number of ether oxygens (including phenoxy) is 2. The molecule has 20 heavy (non-hydrogen) atoms. The van der Waals surface area contributed by atoms with E-state index in [1.165, 1.54) is 0 Å². The number of hydrogen-bond acceptors (Lipinski definition) is 4. The van der Waals surface area contributed by atoms with Crippen LogP contribution in [0, 0.1) is 3.70 Å². The molecule has 4 nitrogen and oxygen atoms in total. The molecule has 0 aliphatic carbocycles. The molecule has 0 saturated heterocycles. The Labute approximate surface area is 121 Å². The number of aromatic nitrogens is 1. The Hall–Kier alpha value is -1.27. The fraction of sp³-hybridized carbons (Fsp3) is 0.333. The van der Waals surface area contributed by atoms with Crippen LogP contribution in [-0.4, -0.2) is 24.4 Å². The molecule has 1 heterocycles. The zero-order valence-corrected chi connectivity index (χ0v) is 11.6. The number of halogens is 7. The molecule has 1 aromatic rings. The van der Waals surface area contributed by atoms with Crippen molar-refractivity contribution in [1.82, 2.24) is 4.98 Å². The van der Waals surface area contributed by atoms with Gasteiger partial charge in [0.15, 0.2) is 5.75 Å². The third-order valence-electron chi connectivity index (χ3n) is 1.90. The Morgan fingerprint density at radius 2 is 1.80 bits per heavy atom. The average Bonchev–Trinajstić information content (AvgIpc) is 2.27. The first-order valence-corrected chi connectivity index (χ1v) is 5.65. The van der Waals surface area contributed by atoms with E-state index >= 15 is 0 Å². The molecule has 0 spiro atoms. The van der Waals surface area contributed by atoms with Gasteiger partial charge in [-0.3, -0.25) is 0 Å². The second-order valence-corrected chi connectivity index (χ2v) is 4.23. The first-order valence-electron chi connectivity index (χ1n) is 4.57. The number of esters is 1. The van der Waals surface area contributed by atoms with Gasteiger partial charge in [-0.25, -0.2) is 9.78 Å². The number of pyridine rings is 1. The van der Waals surface area contributed by atoms with E-state index in [1.54, 1.807) is 0 Å². The number of methoxy groups -OCH3 is 1. The van der Waals surface area contributed by atoms with Crippen LogP contribution in [0.4, 0.5) is 26.3 Å². The topological polar surface area (TPSA) is 48.4 Å². The van der Waals surface area contributed by atoms with Gasteiger partial charge in [-0.05, 0) is 22.6 Å². The summed E-state index contributed by atoms with van der Waals surface area (Å²) < 4.78 is 81.8. The molecule has 0 saturated carbocycles. The molecule has 0 fully saturated rings. The molecule has 0 N–H and O–H groups in total. The molecule has 0 bridgehead atoms. The third-order valence-corrected chi connectivity index (χ3v) is 2.67. The van der Waals surface area contributed by atoms with Gasteiger partial charge in [-0.1, -0.05) is 0 Å². The first kappa shape index (κ1) is 16.8. The standard InChI is InChI=1S/C9H4F6INO3/c1-19-7(18)3-2-17-6(16)5(20-9(13,14)15)4(3)8(10,11)12/h2H,1H3. The predicted octanol–water partition coefficient (Wildman–Crippen LogP) is 3.39.